The number of imidazole rings is 1. The minimum Gasteiger partial charge on any atom is -0.352 e. The van der Waals surface area contributed by atoms with E-state index in [-0.39, 0.29) is 11.7 Å². The van der Waals surface area contributed by atoms with Crippen molar-refractivity contribution in [3.63, 3.8) is 0 Å². The van der Waals surface area contributed by atoms with E-state index >= 15 is 0 Å². The van der Waals surface area contributed by atoms with E-state index in [2.05, 4.69) is 29.1 Å². The minimum atomic E-state index is -0.310. The zero-order valence-electron chi connectivity index (χ0n) is 17.9. The summed E-state index contributed by atoms with van der Waals surface area (Å²) < 4.78 is 13.5. The molecule has 2 aromatic heterocycles. The number of amides is 1. The summed E-state index contributed by atoms with van der Waals surface area (Å²) in [5.41, 5.74) is 3.06. The first kappa shape index (κ1) is 22.0. The van der Waals surface area contributed by atoms with Crippen LogP contribution >= 0.6 is 11.8 Å². The maximum Gasteiger partial charge on any atom is 0.253 e. The minimum absolute atomic E-state index is 0.196. The van der Waals surface area contributed by atoms with Gasteiger partial charge in [-0.2, -0.15) is 0 Å². The normalized spacial score (nSPS) is 11.2. The number of rotatable bonds is 8. The molecule has 4 aromatic rings. The molecule has 0 spiro atoms. The zero-order valence-corrected chi connectivity index (χ0v) is 18.7. The van der Waals surface area contributed by atoms with Gasteiger partial charge >= 0.3 is 0 Å². The molecule has 0 fully saturated rings. The van der Waals surface area contributed by atoms with Gasteiger partial charge in [-0.1, -0.05) is 19.9 Å². The fourth-order valence-corrected chi connectivity index (χ4v) is 4.21. The second-order valence-corrected chi connectivity index (χ2v) is 9.18. The summed E-state index contributed by atoms with van der Waals surface area (Å²) in [5, 5.41) is 4.02. The second kappa shape index (κ2) is 9.91. The monoisotopic (exact) mass is 449 g/mol. The average Bonchev–Trinajstić information content (AvgIpc) is 3.29. The third-order valence-corrected chi connectivity index (χ3v) is 5.78. The Morgan fingerprint density at radius 1 is 1.16 bits per heavy atom. The third kappa shape index (κ3) is 5.13. The molecule has 4 rings (SSSR count). The number of aromatic amines is 1. The Bertz CT molecular complexity index is 1210. The van der Waals surface area contributed by atoms with Crippen LogP contribution in [0.3, 0.4) is 0 Å². The van der Waals surface area contributed by atoms with E-state index in [0.717, 1.165) is 29.3 Å². The molecule has 0 radical (unpaired) electrons. The van der Waals surface area contributed by atoms with E-state index < -0.39 is 0 Å². The number of aromatic nitrogens is 4. The van der Waals surface area contributed by atoms with Crippen molar-refractivity contribution in [3.05, 3.63) is 72.1 Å². The van der Waals surface area contributed by atoms with Gasteiger partial charge in [-0.15, -0.1) is 11.8 Å². The van der Waals surface area contributed by atoms with Crippen molar-refractivity contribution in [2.45, 2.75) is 37.0 Å². The number of thioether (sulfide) groups is 1. The number of benzene rings is 2. The molecule has 0 saturated heterocycles. The molecule has 2 aromatic carbocycles. The van der Waals surface area contributed by atoms with E-state index in [1.807, 2.05) is 12.1 Å². The summed E-state index contributed by atoms with van der Waals surface area (Å²) in [6.07, 6.45) is 5.03. The molecular weight excluding hydrogens is 425 g/mol. The van der Waals surface area contributed by atoms with E-state index in [9.17, 15) is 9.18 Å². The Labute approximate surface area is 190 Å². The molecule has 32 heavy (non-hydrogen) atoms. The Morgan fingerprint density at radius 2 is 1.97 bits per heavy atom. The van der Waals surface area contributed by atoms with E-state index in [1.165, 1.54) is 12.1 Å². The van der Waals surface area contributed by atoms with Gasteiger partial charge in [0.2, 0.25) is 0 Å². The number of H-pyrrole nitrogens is 1. The van der Waals surface area contributed by atoms with Crippen molar-refractivity contribution in [2.75, 3.05) is 6.54 Å². The van der Waals surface area contributed by atoms with Crippen molar-refractivity contribution in [2.24, 2.45) is 0 Å². The lowest BCUT2D eigenvalue weighted by atomic mass is 10.1. The SMILES string of the molecule is CC(C)Sc1nc2cccc(C(=O)NCCCc3ncc[nH]3)c2nc1-c1ccc(F)cc1. The summed E-state index contributed by atoms with van der Waals surface area (Å²) in [6, 6.07) is 11.6. The van der Waals surface area contributed by atoms with Crippen LogP contribution in [0.5, 0.6) is 0 Å². The number of para-hydroxylation sites is 1. The lowest BCUT2D eigenvalue weighted by molar-refractivity contribution is 0.0954. The number of fused-ring (bicyclic) bond motifs is 1. The number of halogens is 1. The van der Waals surface area contributed by atoms with Crippen LogP contribution in [0.1, 0.15) is 36.5 Å². The number of nitrogens with one attached hydrogen (secondary N) is 2. The fourth-order valence-electron chi connectivity index (χ4n) is 3.33. The molecule has 8 heteroatoms. The van der Waals surface area contributed by atoms with Crippen molar-refractivity contribution in [1.82, 2.24) is 25.3 Å². The van der Waals surface area contributed by atoms with Gasteiger partial charge in [-0.3, -0.25) is 4.79 Å². The van der Waals surface area contributed by atoms with Gasteiger partial charge in [-0.25, -0.2) is 19.3 Å². The van der Waals surface area contributed by atoms with Crippen LogP contribution in [-0.2, 0) is 6.42 Å². The first-order valence-corrected chi connectivity index (χ1v) is 11.4. The van der Waals surface area contributed by atoms with Crippen LogP contribution < -0.4 is 5.32 Å². The Kier molecular flexibility index (Phi) is 6.80. The van der Waals surface area contributed by atoms with Crippen molar-refractivity contribution >= 4 is 28.7 Å². The molecular formula is C24H24FN5OS. The highest BCUT2D eigenvalue weighted by molar-refractivity contribution is 7.99. The molecule has 0 unspecified atom stereocenters. The molecule has 2 heterocycles. The topological polar surface area (TPSA) is 83.6 Å². The lowest BCUT2D eigenvalue weighted by Crippen LogP contribution is -2.25. The molecule has 6 nitrogen and oxygen atoms in total. The zero-order chi connectivity index (χ0) is 22.5. The van der Waals surface area contributed by atoms with Crippen LogP contribution in [0.2, 0.25) is 0 Å². The van der Waals surface area contributed by atoms with Gasteiger partial charge in [0.05, 0.1) is 11.1 Å². The van der Waals surface area contributed by atoms with Crippen molar-refractivity contribution in [1.29, 1.82) is 0 Å². The van der Waals surface area contributed by atoms with Gasteiger partial charge in [0.25, 0.3) is 5.91 Å². The maximum absolute atomic E-state index is 13.5. The summed E-state index contributed by atoms with van der Waals surface area (Å²) in [5.74, 6) is 0.392. The number of hydrogen-bond acceptors (Lipinski definition) is 5. The van der Waals surface area contributed by atoms with Crippen molar-refractivity contribution < 1.29 is 9.18 Å². The van der Waals surface area contributed by atoms with E-state index in [1.54, 1.807) is 42.4 Å². The first-order valence-electron chi connectivity index (χ1n) is 10.5. The average molecular weight is 450 g/mol. The van der Waals surface area contributed by atoms with Crippen LogP contribution in [-0.4, -0.2) is 37.6 Å². The summed E-state index contributed by atoms with van der Waals surface area (Å²) in [4.78, 5) is 29.8. The van der Waals surface area contributed by atoms with Gasteiger partial charge in [0.15, 0.2) is 0 Å². The molecule has 2 N–H and O–H groups in total. The molecule has 0 aliphatic heterocycles. The highest BCUT2D eigenvalue weighted by Gasteiger charge is 2.17. The molecule has 0 saturated carbocycles. The quantitative estimate of drug-likeness (QED) is 0.291. The Hall–Kier alpha value is -3.26. The van der Waals surface area contributed by atoms with Gasteiger partial charge in [-0.05, 0) is 42.8 Å². The van der Waals surface area contributed by atoms with Crippen LogP contribution in [0.25, 0.3) is 22.3 Å². The fraction of sp³-hybridized carbons (Fsp3) is 0.250. The van der Waals surface area contributed by atoms with Crippen LogP contribution in [0.15, 0.2) is 59.9 Å². The number of hydrogen-bond donors (Lipinski definition) is 2. The number of aryl methyl sites for hydroxylation is 1. The summed E-state index contributed by atoms with van der Waals surface area (Å²) >= 11 is 1.59. The number of nitrogens with zero attached hydrogens (tertiary/aromatic N) is 3. The van der Waals surface area contributed by atoms with Gasteiger partial charge in [0.1, 0.15) is 27.9 Å². The van der Waals surface area contributed by atoms with Gasteiger partial charge < -0.3 is 10.3 Å². The molecule has 1 amide bonds. The molecule has 0 aliphatic carbocycles. The largest absolute Gasteiger partial charge is 0.352 e. The smallest absolute Gasteiger partial charge is 0.253 e. The molecule has 0 bridgehead atoms. The molecule has 0 atom stereocenters. The highest BCUT2D eigenvalue weighted by Crippen LogP contribution is 2.33. The predicted octanol–water partition coefficient (Wildman–Crippen LogP) is 5.02. The molecule has 164 valence electrons. The standard InChI is InChI=1S/C24H24FN5OS/c1-15(2)32-24-21(16-8-10-17(25)11-9-16)30-22-18(5-3-6-19(22)29-24)23(31)28-12-4-7-20-26-13-14-27-20/h3,5-6,8-11,13-15H,4,7,12H2,1-2H3,(H,26,27)(H,28,31). The Morgan fingerprint density at radius 3 is 2.69 bits per heavy atom. The lowest BCUT2D eigenvalue weighted by Gasteiger charge is -2.13. The first-order chi connectivity index (χ1) is 15.5. The Balaban J connectivity index is 1.63. The molecule has 0 aliphatic rings. The third-order valence-electron chi connectivity index (χ3n) is 4.80. The highest BCUT2D eigenvalue weighted by atomic mass is 32.2. The van der Waals surface area contributed by atoms with Crippen LogP contribution in [0.4, 0.5) is 4.39 Å². The summed E-state index contributed by atoms with van der Waals surface area (Å²) in [6.45, 7) is 4.69. The number of carbonyl (C=O) groups excluding carboxylic acids is 1. The predicted molar refractivity (Wildman–Crippen MR) is 125 cm³/mol. The van der Waals surface area contributed by atoms with Crippen molar-refractivity contribution in [3.8, 4) is 11.3 Å². The van der Waals surface area contributed by atoms with Crippen LogP contribution in [0, 0.1) is 5.82 Å². The second-order valence-electron chi connectivity index (χ2n) is 7.62. The van der Waals surface area contributed by atoms with E-state index in [0.29, 0.717) is 34.1 Å². The number of carbonyl (C=O) groups is 1. The van der Waals surface area contributed by atoms with Gasteiger partial charge in [0, 0.05) is 36.2 Å². The summed E-state index contributed by atoms with van der Waals surface area (Å²) in [7, 11) is 0. The maximum atomic E-state index is 13.5. The van der Waals surface area contributed by atoms with E-state index in [4.69, 9.17) is 9.97 Å².